The van der Waals surface area contributed by atoms with Crippen LogP contribution < -0.4 is 0 Å². The quantitative estimate of drug-likeness (QED) is 0.399. The van der Waals surface area contributed by atoms with Crippen LogP contribution in [0.2, 0.25) is 0 Å². The number of hydrogen-bond donors (Lipinski definition) is 1. The van der Waals surface area contributed by atoms with Crippen molar-refractivity contribution in [1.82, 2.24) is 9.88 Å². The average molecular weight is 402 g/mol. The van der Waals surface area contributed by atoms with Crippen LogP contribution in [-0.2, 0) is 16.0 Å². The van der Waals surface area contributed by atoms with E-state index in [1.807, 2.05) is 30.3 Å². The Morgan fingerprint density at radius 3 is 2.33 bits per heavy atom. The molecule has 1 N–H and O–H groups in total. The van der Waals surface area contributed by atoms with E-state index in [9.17, 15) is 19.1 Å². The molecular weight excluding hydrogens is 383 g/mol. The Hall–Kier alpha value is -3.80. The maximum atomic E-state index is 14.7. The van der Waals surface area contributed by atoms with Gasteiger partial charge in [-0.15, -0.1) is 0 Å². The number of halogens is 1. The number of nitrogens with zero attached hydrogens (tertiary/aromatic N) is 2. The summed E-state index contributed by atoms with van der Waals surface area (Å²) in [4.78, 5) is 31.0. The second-order valence-electron chi connectivity index (χ2n) is 6.99. The fraction of sp³-hybridized carbons (Fsp3) is 0.125. The minimum atomic E-state index is -1.01. The number of Topliss-reactive ketones (excluding diaryl/α,β-unsaturated/α-hetero) is 1. The van der Waals surface area contributed by atoms with Crippen LogP contribution in [0.4, 0.5) is 4.39 Å². The average Bonchev–Trinajstić information content (AvgIpc) is 3.03. The second kappa shape index (κ2) is 8.29. The largest absolute Gasteiger partial charge is 0.507 e. The van der Waals surface area contributed by atoms with Gasteiger partial charge >= 0.3 is 0 Å². The monoisotopic (exact) mass is 402 g/mol. The highest BCUT2D eigenvalue weighted by molar-refractivity contribution is 6.46. The predicted octanol–water partition coefficient (Wildman–Crippen LogP) is 3.89. The molecule has 5 nitrogen and oxygen atoms in total. The summed E-state index contributed by atoms with van der Waals surface area (Å²) in [6, 6.07) is 17.6. The van der Waals surface area contributed by atoms with Crippen LogP contribution >= 0.6 is 0 Å². The summed E-state index contributed by atoms with van der Waals surface area (Å²) < 4.78 is 14.7. The van der Waals surface area contributed by atoms with Gasteiger partial charge in [-0.05, 0) is 30.2 Å². The molecule has 1 aliphatic rings. The van der Waals surface area contributed by atoms with E-state index in [-0.39, 0.29) is 23.4 Å². The van der Waals surface area contributed by atoms with Gasteiger partial charge in [0, 0.05) is 30.1 Å². The van der Waals surface area contributed by atoms with Gasteiger partial charge in [-0.2, -0.15) is 0 Å². The van der Waals surface area contributed by atoms with E-state index in [4.69, 9.17) is 0 Å². The summed E-state index contributed by atoms with van der Waals surface area (Å²) in [5.41, 5.74) is 1.37. The Labute approximate surface area is 173 Å². The molecule has 1 aromatic heterocycles. The molecule has 0 saturated carbocycles. The van der Waals surface area contributed by atoms with Gasteiger partial charge in [-0.1, -0.05) is 48.5 Å². The third-order valence-electron chi connectivity index (χ3n) is 5.18. The van der Waals surface area contributed by atoms with Crippen molar-refractivity contribution >= 4 is 17.4 Å². The van der Waals surface area contributed by atoms with Crippen molar-refractivity contribution in [1.29, 1.82) is 0 Å². The van der Waals surface area contributed by atoms with Gasteiger partial charge in [-0.25, -0.2) is 4.39 Å². The summed E-state index contributed by atoms with van der Waals surface area (Å²) in [6.07, 6.45) is 3.44. The van der Waals surface area contributed by atoms with Gasteiger partial charge in [0.15, 0.2) is 0 Å². The molecule has 1 saturated heterocycles. The Kier molecular flexibility index (Phi) is 5.39. The SMILES string of the molecule is O=C1C(=O)N(CCc2ccccc2)C(c2ccccc2F)C1=C(O)c1ccncc1. The summed E-state index contributed by atoms with van der Waals surface area (Å²) in [5.74, 6) is -2.47. The third-order valence-corrected chi connectivity index (χ3v) is 5.18. The number of carbonyl (C=O) groups is 2. The van der Waals surface area contributed by atoms with Crippen molar-refractivity contribution in [2.75, 3.05) is 6.54 Å². The molecule has 1 atom stereocenters. The van der Waals surface area contributed by atoms with E-state index < -0.39 is 23.5 Å². The van der Waals surface area contributed by atoms with E-state index in [1.165, 1.54) is 47.6 Å². The number of aliphatic hydroxyl groups excluding tert-OH is 1. The number of likely N-dealkylation sites (tertiary alicyclic amines) is 1. The second-order valence-corrected chi connectivity index (χ2v) is 6.99. The minimum Gasteiger partial charge on any atom is -0.507 e. The molecule has 0 spiro atoms. The molecule has 2 aromatic carbocycles. The summed E-state index contributed by atoms with van der Waals surface area (Å²) in [6.45, 7) is 0.209. The number of pyridine rings is 1. The van der Waals surface area contributed by atoms with Crippen molar-refractivity contribution in [2.45, 2.75) is 12.5 Å². The van der Waals surface area contributed by atoms with E-state index >= 15 is 0 Å². The van der Waals surface area contributed by atoms with Crippen molar-refractivity contribution in [2.24, 2.45) is 0 Å². The molecule has 1 aliphatic heterocycles. The van der Waals surface area contributed by atoms with Crippen molar-refractivity contribution in [3.05, 3.63) is 107 Å². The van der Waals surface area contributed by atoms with Crippen LogP contribution in [0.5, 0.6) is 0 Å². The van der Waals surface area contributed by atoms with Gasteiger partial charge in [0.25, 0.3) is 11.7 Å². The van der Waals surface area contributed by atoms with Gasteiger partial charge in [-0.3, -0.25) is 14.6 Å². The highest BCUT2D eigenvalue weighted by atomic mass is 19.1. The number of carbonyl (C=O) groups excluding carboxylic acids is 2. The van der Waals surface area contributed by atoms with Crippen LogP contribution in [0, 0.1) is 5.82 Å². The van der Waals surface area contributed by atoms with Crippen LogP contribution in [0.1, 0.15) is 22.7 Å². The van der Waals surface area contributed by atoms with Crippen LogP contribution in [-0.4, -0.2) is 33.2 Å². The normalized spacial score (nSPS) is 18.0. The Balaban J connectivity index is 1.80. The van der Waals surface area contributed by atoms with Crippen LogP contribution in [0.3, 0.4) is 0 Å². The molecule has 1 unspecified atom stereocenters. The molecule has 2 heterocycles. The predicted molar refractivity (Wildman–Crippen MR) is 110 cm³/mol. The number of amides is 1. The standard InChI is InChI=1S/C24H19FN2O3/c25-19-9-5-4-8-18(19)21-20(22(28)17-10-13-26-14-11-17)23(29)24(30)27(21)15-12-16-6-2-1-3-7-16/h1-11,13-14,21,28H,12,15H2. The molecule has 150 valence electrons. The first-order valence-electron chi connectivity index (χ1n) is 9.55. The van der Waals surface area contributed by atoms with Crippen molar-refractivity contribution in [3.63, 3.8) is 0 Å². The summed E-state index contributed by atoms with van der Waals surface area (Å²) >= 11 is 0. The molecule has 1 amide bonds. The summed E-state index contributed by atoms with van der Waals surface area (Å²) in [5, 5.41) is 10.9. The number of aliphatic hydroxyl groups is 1. The zero-order chi connectivity index (χ0) is 21.1. The summed E-state index contributed by atoms with van der Waals surface area (Å²) in [7, 11) is 0. The van der Waals surface area contributed by atoms with E-state index in [0.29, 0.717) is 12.0 Å². The zero-order valence-corrected chi connectivity index (χ0v) is 16.0. The number of aromatic nitrogens is 1. The molecule has 0 radical (unpaired) electrons. The number of rotatable bonds is 5. The molecule has 0 aliphatic carbocycles. The lowest BCUT2D eigenvalue weighted by Gasteiger charge is -2.25. The number of hydrogen-bond acceptors (Lipinski definition) is 4. The lowest BCUT2D eigenvalue weighted by molar-refractivity contribution is -0.139. The first kappa shape index (κ1) is 19.5. The third kappa shape index (κ3) is 3.59. The molecule has 4 rings (SSSR count). The first-order chi connectivity index (χ1) is 14.6. The topological polar surface area (TPSA) is 70.5 Å². The lowest BCUT2D eigenvalue weighted by Crippen LogP contribution is -2.32. The highest BCUT2D eigenvalue weighted by Gasteiger charge is 2.46. The van der Waals surface area contributed by atoms with Gasteiger partial charge in [0.2, 0.25) is 0 Å². The molecule has 1 fully saturated rings. The smallest absolute Gasteiger partial charge is 0.295 e. The fourth-order valence-corrected chi connectivity index (χ4v) is 3.69. The molecule has 6 heteroatoms. The first-order valence-corrected chi connectivity index (χ1v) is 9.55. The molecule has 0 bridgehead atoms. The van der Waals surface area contributed by atoms with Gasteiger partial charge in [0.1, 0.15) is 11.6 Å². The Morgan fingerprint density at radius 1 is 0.967 bits per heavy atom. The van der Waals surface area contributed by atoms with E-state index in [2.05, 4.69) is 4.98 Å². The number of ketones is 1. The van der Waals surface area contributed by atoms with Gasteiger partial charge < -0.3 is 10.0 Å². The molecule has 30 heavy (non-hydrogen) atoms. The maximum Gasteiger partial charge on any atom is 0.295 e. The lowest BCUT2D eigenvalue weighted by atomic mass is 9.95. The van der Waals surface area contributed by atoms with Crippen LogP contribution in [0.15, 0.2) is 84.7 Å². The van der Waals surface area contributed by atoms with Crippen molar-refractivity contribution in [3.8, 4) is 0 Å². The fourth-order valence-electron chi connectivity index (χ4n) is 3.69. The van der Waals surface area contributed by atoms with E-state index in [1.54, 1.807) is 6.07 Å². The Morgan fingerprint density at radius 2 is 1.63 bits per heavy atom. The zero-order valence-electron chi connectivity index (χ0n) is 16.0. The highest BCUT2D eigenvalue weighted by Crippen LogP contribution is 2.40. The minimum absolute atomic E-state index is 0.121. The van der Waals surface area contributed by atoms with Crippen molar-refractivity contribution < 1.29 is 19.1 Å². The maximum absolute atomic E-state index is 14.7. The van der Waals surface area contributed by atoms with Gasteiger partial charge in [0.05, 0.1) is 11.6 Å². The molecular formula is C24H19FN2O3. The van der Waals surface area contributed by atoms with Crippen LogP contribution in [0.25, 0.3) is 5.76 Å². The molecule has 3 aromatic rings. The number of benzene rings is 2. The Bertz CT molecular complexity index is 1110. The van der Waals surface area contributed by atoms with E-state index in [0.717, 1.165) is 5.56 Å².